The normalized spacial score (nSPS) is 14.1. The number of nitrogens with zero attached hydrogens (tertiary/aromatic N) is 2. The minimum absolute atomic E-state index is 0.186. The molecule has 2 heterocycles. The minimum atomic E-state index is -3.34. The fraction of sp³-hybridized carbons (Fsp3) is 0.238. The summed E-state index contributed by atoms with van der Waals surface area (Å²) in [7, 11) is -1.75. The average Bonchev–Trinajstić information content (AvgIpc) is 3.33. The highest BCUT2D eigenvalue weighted by Crippen LogP contribution is 2.32. The van der Waals surface area contributed by atoms with Crippen LogP contribution >= 0.6 is 11.3 Å². The van der Waals surface area contributed by atoms with E-state index in [1.54, 1.807) is 43.5 Å². The largest absolute Gasteiger partial charge is 0.454 e. The van der Waals surface area contributed by atoms with Crippen LogP contribution in [-0.2, 0) is 25.9 Å². The second kappa shape index (κ2) is 8.66. The molecule has 0 radical (unpaired) electrons. The van der Waals surface area contributed by atoms with E-state index in [9.17, 15) is 13.2 Å². The monoisotopic (exact) mass is 460 g/mol. The fourth-order valence-electron chi connectivity index (χ4n) is 3.08. The maximum absolute atomic E-state index is 12.5. The molecular weight excluding hydrogens is 440 g/mol. The summed E-state index contributed by atoms with van der Waals surface area (Å²) >= 11 is 1.26. The Labute approximate surface area is 182 Å². The first-order valence-corrected chi connectivity index (χ1v) is 12.0. The van der Waals surface area contributed by atoms with Crippen molar-refractivity contribution in [1.29, 1.82) is 0 Å². The number of amides is 1. The van der Waals surface area contributed by atoms with Crippen LogP contribution in [0, 0.1) is 0 Å². The number of hydrogen-bond acceptors (Lipinski definition) is 7. The van der Waals surface area contributed by atoms with Gasteiger partial charge in [-0.3, -0.25) is 4.79 Å². The maximum Gasteiger partial charge on any atom is 0.272 e. The standard InChI is InChI=1S/C21H20N2O6S2/c1-27-10-9-23-16-6-5-15(31(2,25)26)12-19(16)30-21(23)22-20(24)8-4-14-3-7-17-18(11-14)29-13-28-17/h3-8,11-12H,9-10,13H2,1-2H3. The molecule has 0 spiro atoms. The third-order valence-electron chi connectivity index (χ3n) is 4.62. The van der Waals surface area contributed by atoms with Crippen molar-refractivity contribution >= 4 is 43.4 Å². The molecule has 4 rings (SSSR count). The van der Waals surface area contributed by atoms with E-state index in [1.807, 2.05) is 10.6 Å². The summed E-state index contributed by atoms with van der Waals surface area (Å²) in [6.07, 6.45) is 4.20. The van der Waals surface area contributed by atoms with Crippen LogP contribution in [0.2, 0.25) is 0 Å². The molecule has 3 aromatic rings. The van der Waals surface area contributed by atoms with Gasteiger partial charge in [0.15, 0.2) is 26.1 Å². The highest BCUT2D eigenvalue weighted by atomic mass is 32.2. The van der Waals surface area contributed by atoms with Crippen molar-refractivity contribution in [2.45, 2.75) is 11.4 Å². The first-order chi connectivity index (χ1) is 14.8. The van der Waals surface area contributed by atoms with Gasteiger partial charge in [0, 0.05) is 26.0 Å². The summed E-state index contributed by atoms with van der Waals surface area (Å²) in [5, 5.41) is 0. The van der Waals surface area contributed by atoms with Gasteiger partial charge in [-0.1, -0.05) is 17.4 Å². The van der Waals surface area contributed by atoms with E-state index in [4.69, 9.17) is 14.2 Å². The molecule has 162 valence electrons. The van der Waals surface area contributed by atoms with Gasteiger partial charge in [0.2, 0.25) is 6.79 Å². The zero-order valence-electron chi connectivity index (χ0n) is 16.9. The first-order valence-electron chi connectivity index (χ1n) is 9.34. The highest BCUT2D eigenvalue weighted by Gasteiger charge is 2.14. The quantitative estimate of drug-likeness (QED) is 0.525. The molecule has 1 aliphatic heterocycles. The number of hydrogen-bond donors (Lipinski definition) is 0. The summed E-state index contributed by atoms with van der Waals surface area (Å²) < 4.78 is 42.1. The van der Waals surface area contributed by atoms with Crippen molar-refractivity contribution in [1.82, 2.24) is 4.57 Å². The van der Waals surface area contributed by atoms with Crippen LogP contribution in [0.1, 0.15) is 5.56 Å². The third-order valence-corrected chi connectivity index (χ3v) is 6.77. The molecule has 31 heavy (non-hydrogen) atoms. The summed E-state index contributed by atoms with van der Waals surface area (Å²) in [5.41, 5.74) is 1.58. The number of benzene rings is 2. The summed E-state index contributed by atoms with van der Waals surface area (Å²) in [4.78, 5) is 17.4. The Morgan fingerprint density at radius 3 is 2.81 bits per heavy atom. The van der Waals surface area contributed by atoms with Crippen molar-refractivity contribution < 1.29 is 27.4 Å². The zero-order valence-corrected chi connectivity index (χ0v) is 18.5. The van der Waals surface area contributed by atoms with E-state index in [0.29, 0.717) is 29.5 Å². The molecule has 2 aromatic carbocycles. The predicted molar refractivity (Wildman–Crippen MR) is 117 cm³/mol. The van der Waals surface area contributed by atoms with Gasteiger partial charge in [-0.15, -0.1) is 0 Å². The van der Waals surface area contributed by atoms with Gasteiger partial charge in [0.1, 0.15) is 0 Å². The van der Waals surface area contributed by atoms with E-state index in [0.717, 1.165) is 22.0 Å². The number of carbonyl (C=O) groups is 1. The second-order valence-corrected chi connectivity index (χ2v) is 9.85. The number of carbonyl (C=O) groups excluding carboxylic acids is 1. The molecule has 1 amide bonds. The molecule has 0 atom stereocenters. The van der Waals surface area contributed by atoms with E-state index in [-0.39, 0.29) is 11.7 Å². The molecule has 0 aliphatic carbocycles. The summed E-state index contributed by atoms with van der Waals surface area (Å²) in [6, 6.07) is 10.3. The number of sulfone groups is 1. The number of fused-ring (bicyclic) bond motifs is 2. The van der Waals surface area contributed by atoms with E-state index < -0.39 is 15.7 Å². The molecule has 0 N–H and O–H groups in total. The van der Waals surface area contributed by atoms with Gasteiger partial charge >= 0.3 is 0 Å². The Kier molecular flexibility index (Phi) is 5.94. The van der Waals surface area contributed by atoms with Crippen LogP contribution in [0.4, 0.5) is 0 Å². The van der Waals surface area contributed by atoms with Crippen molar-refractivity contribution in [3.63, 3.8) is 0 Å². The Hall–Kier alpha value is -2.95. The number of thiazole rings is 1. The lowest BCUT2D eigenvalue weighted by Gasteiger charge is -2.04. The first kappa shape index (κ1) is 21.3. The second-order valence-electron chi connectivity index (χ2n) is 6.83. The van der Waals surface area contributed by atoms with Crippen molar-refractivity contribution in [3.05, 3.63) is 52.8 Å². The molecule has 0 saturated heterocycles. The third kappa shape index (κ3) is 4.71. The van der Waals surface area contributed by atoms with Crippen molar-refractivity contribution in [2.24, 2.45) is 4.99 Å². The lowest BCUT2D eigenvalue weighted by molar-refractivity contribution is -0.113. The van der Waals surface area contributed by atoms with E-state index in [1.165, 1.54) is 17.4 Å². The van der Waals surface area contributed by atoms with Crippen molar-refractivity contribution in [2.75, 3.05) is 26.8 Å². The Bertz CT molecular complexity index is 1350. The Morgan fingerprint density at radius 2 is 2.03 bits per heavy atom. The van der Waals surface area contributed by atoms with Crippen LogP contribution in [-0.4, -0.2) is 45.7 Å². The molecule has 0 bridgehead atoms. The van der Waals surface area contributed by atoms with Crippen LogP contribution in [0.5, 0.6) is 11.5 Å². The Balaban J connectivity index is 1.68. The number of rotatable bonds is 6. The van der Waals surface area contributed by atoms with E-state index >= 15 is 0 Å². The lowest BCUT2D eigenvalue weighted by Crippen LogP contribution is -2.18. The number of aromatic nitrogens is 1. The van der Waals surface area contributed by atoms with Gasteiger partial charge in [-0.2, -0.15) is 4.99 Å². The lowest BCUT2D eigenvalue weighted by atomic mass is 10.2. The SMILES string of the molecule is COCCn1c(=NC(=O)C=Cc2ccc3c(c2)OCO3)sc2cc(S(C)(=O)=O)ccc21. The minimum Gasteiger partial charge on any atom is -0.454 e. The summed E-state index contributed by atoms with van der Waals surface area (Å²) in [6.45, 7) is 1.09. The van der Waals surface area contributed by atoms with Gasteiger partial charge in [-0.25, -0.2) is 8.42 Å². The van der Waals surface area contributed by atoms with Gasteiger partial charge < -0.3 is 18.8 Å². The zero-order chi connectivity index (χ0) is 22.0. The van der Waals surface area contributed by atoms with Gasteiger partial charge in [-0.05, 0) is 42.0 Å². The van der Waals surface area contributed by atoms with Crippen LogP contribution in [0.25, 0.3) is 16.3 Å². The fourth-order valence-corrected chi connectivity index (χ4v) is 4.91. The van der Waals surface area contributed by atoms with Crippen LogP contribution in [0.3, 0.4) is 0 Å². The summed E-state index contributed by atoms with van der Waals surface area (Å²) in [5.74, 6) is 0.875. The molecule has 8 nitrogen and oxygen atoms in total. The van der Waals surface area contributed by atoms with Crippen LogP contribution in [0.15, 0.2) is 52.4 Å². The smallest absolute Gasteiger partial charge is 0.272 e. The molecule has 0 fully saturated rings. The van der Waals surface area contributed by atoms with Gasteiger partial charge in [0.25, 0.3) is 5.91 Å². The molecule has 0 unspecified atom stereocenters. The van der Waals surface area contributed by atoms with Gasteiger partial charge in [0.05, 0.1) is 21.7 Å². The molecular formula is C21H20N2O6S2. The number of methoxy groups -OCH3 is 1. The molecule has 1 aromatic heterocycles. The average molecular weight is 461 g/mol. The highest BCUT2D eigenvalue weighted by molar-refractivity contribution is 7.90. The van der Waals surface area contributed by atoms with Crippen LogP contribution < -0.4 is 14.3 Å². The predicted octanol–water partition coefficient (Wildman–Crippen LogP) is 2.62. The maximum atomic E-state index is 12.5. The topological polar surface area (TPSA) is 96.2 Å². The molecule has 10 heteroatoms. The van der Waals surface area contributed by atoms with Crippen molar-refractivity contribution in [3.8, 4) is 11.5 Å². The Morgan fingerprint density at radius 1 is 1.23 bits per heavy atom. The number of ether oxygens (including phenoxy) is 3. The molecule has 0 saturated carbocycles. The van der Waals surface area contributed by atoms with E-state index in [2.05, 4.69) is 4.99 Å². The molecule has 1 aliphatic rings.